The van der Waals surface area contributed by atoms with Crippen molar-refractivity contribution in [1.82, 2.24) is 5.43 Å². The van der Waals surface area contributed by atoms with Crippen LogP contribution >= 0.6 is 12.2 Å². The molecule has 8 heavy (non-hydrogen) atoms. The second-order valence-corrected chi connectivity index (χ2v) is 1.64. The minimum atomic E-state index is 0.203. The quantitative estimate of drug-likeness (QED) is 0.320. The molecule has 0 heterocycles. The average Bonchev–Trinajstić information content (AvgIpc) is 1.66. The van der Waals surface area contributed by atoms with Gasteiger partial charge in [-0.05, 0) is 18.6 Å². The van der Waals surface area contributed by atoms with Crippen LogP contribution in [0.1, 0.15) is 13.3 Å². The van der Waals surface area contributed by atoms with Crippen molar-refractivity contribution in [3.63, 3.8) is 0 Å². The topological polar surface area (TPSA) is 50.4 Å². The fourth-order valence-corrected chi connectivity index (χ4v) is 0.253. The van der Waals surface area contributed by atoms with Crippen LogP contribution in [0, 0.1) is 0 Å². The summed E-state index contributed by atoms with van der Waals surface area (Å²) in [6.45, 7) is 1.98. The molecule has 0 unspecified atom stereocenters. The summed E-state index contributed by atoms with van der Waals surface area (Å²) < 4.78 is 0. The van der Waals surface area contributed by atoms with E-state index in [9.17, 15) is 0 Å². The molecule has 0 saturated heterocycles. The Morgan fingerprint density at radius 1 is 2.00 bits per heavy atom. The summed E-state index contributed by atoms with van der Waals surface area (Å²) in [6.07, 6.45) is 2.58. The van der Waals surface area contributed by atoms with Crippen molar-refractivity contribution >= 4 is 23.5 Å². The zero-order valence-corrected chi connectivity index (χ0v) is 5.53. The maximum atomic E-state index is 5.04. The van der Waals surface area contributed by atoms with Gasteiger partial charge in [-0.1, -0.05) is 6.92 Å². The molecule has 0 atom stereocenters. The van der Waals surface area contributed by atoms with Crippen LogP contribution < -0.4 is 11.2 Å². The molecule has 0 aliphatic rings. The maximum Gasteiger partial charge on any atom is 0.184 e. The molecule has 0 saturated carbocycles. The Morgan fingerprint density at radius 2 is 2.62 bits per heavy atom. The molecule has 0 aromatic rings. The van der Waals surface area contributed by atoms with Gasteiger partial charge in [-0.2, -0.15) is 5.10 Å². The third-order valence-corrected chi connectivity index (χ3v) is 0.540. The number of hydrazone groups is 1. The summed E-state index contributed by atoms with van der Waals surface area (Å²) in [5.74, 6) is 0. The van der Waals surface area contributed by atoms with E-state index in [-0.39, 0.29) is 5.11 Å². The van der Waals surface area contributed by atoms with E-state index < -0.39 is 0 Å². The van der Waals surface area contributed by atoms with Crippen molar-refractivity contribution in [2.75, 3.05) is 0 Å². The van der Waals surface area contributed by atoms with Crippen LogP contribution in [0.15, 0.2) is 5.10 Å². The second-order valence-electron chi connectivity index (χ2n) is 1.20. The maximum absolute atomic E-state index is 5.04. The number of nitrogens with one attached hydrogen (secondary N) is 1. The van der Waals surface area contributed by atoms with Crippen LogP contribution in [0.2, 0.25) is 0 Å². The first-order chi connectivity index (χ1) is 3.77. The summed E-state index contributed by atoms with van der Waals surface area (Å²) in [6, 6.07) is 0. The van der Waals surface area contributed by atoms with Gasteiger partial charge in [-0.3, -0.25) is 5.43 Å². The van der Waals surface area contributed by atoms with Gasteiger partial charge in [0.05, 0.1) is 0 Å². The van der Waals surface area contributed by atoms with E-state index in [4.69, 9.17) is 5.73 Å². The molecule has 0 amide bonds. The van der Waals surface area contributed by atoms with Gasteiger partial charge in [-0.15, -0.1) is 0 Å². The molecule has 0 rings (SSSR count). The molecule has 0 aliphatic heterocycles. The number of rotatable bonds is 2. The predicted octanol–water partition coefficient (Wildman–Crippen LogP) is 0.215. The largest absolute Gasteiger partial charge is 0.375 e. The first kappa shape index (κ1) is 7.36. The highest BCUT2D eigenvalue weighted by atomic mass is 32.1. The lowest BCUT2D eigenvalue weighted by Crippen LogP contribution is -2.23. The number of nitrogens with two attached hydrogens (primary N) is 1. The summed E-state index contributed by atoms with van der Waals surface area (Å²) in [5.41, 5.74) is 7.46. The fourth-order valence-electron chi connectivity index (χ4n) is 0.201. The molecular formula is C4H9N3S. The van der Waals surface area contributed by atoms with Crippen LogP contribution in [-0.2, 0) is 0 Å². The van der Waals surface area contributed by atoms with Gasteiger partial charge in [0.15, 0.2) is 5.11 Å². The molecule has 3 N–H and O–H groups in total. The molecule has 0 fully saturated rings. The summed E-state index contributed by atoms with van der Waals surface area (Å²) in [7, 11) is 0. The van der Waals surface area contributed by atoms with E-state index in [0.717, 1.165) is 6.42 Å². The average molecular weight is 131 g/mol. The van der Waals surface area contributed by atoms with E-state index in [1.54, 1.807) is 6.21 Å². The van der Waals surface area contributed by atoms with Gasteiger partial charge in [-0.25, -0.2) is 0 Å². The van der Waals surface area contributed by atoms with Crippen molar-refractivity contribution in [3.05, 3.63) is 0 Å². The highest BCUT2D eigenvalue weighted by Crippen LogP contribution is 1.64. The lowest BCUT2D eigenvalue weighted by atomic mass is 10.6. The van der Waals surface area contributed by atoms with Crippen molar-refractivity contribution in [3.8, 4) is 0 Å². The molecule has 0 radical (unpaired) electrons. The highest BCUT2D eigenvalue weighted by Gasteiger charge is 1.74. The molecule has 0 spiro atoms. The number of thiocarbonyl (C=S) groups is 1. The van der Waals surface area contributed by atoms with Crippen LogP contribution in [-0.4, -0.2) is 11.3 Å². The van der Waals surface area contributed by atoms with E-state index >= 15 is 0 Å². The Labute approximate surface area is 53.9 Å². The van der Waals surface area contributed by atoms with E-state index in [1.807, 2.05) is 6.92 Å². The first-order valence-corrected chi connectivity index (χ1v) is 2.75. The Hall–Kier alpha value is -0.640. The Bertz CT molecular complexity index is 99.5. The highest BCUT2D eigenvalue weighted by molar-refractivity contribution is 7.80. The smallest absolute Gasteiger partial charge is 0.184 e. The fraction of sp³-hybridized carbons (Fsp3) is 0.500. The monoisotopic (exact) mass is 131 g/mol. The zero-order chi connectivity index (χ0) is 6.41. The zero-order valence-electron chi connectivity index (χ0n) is 4.72. The van der Waals surface area contributed by atoms with E-state index in [0.29, 0.717) is 0 Å². The minimum Gasteiger partial charge on any atom is -0.375 e. The van der Waals surface area contributed by atoms with Gasteiger partial charge in [0, 0.05) is 6.21 Å². The summed E-state index contributed by atoms with van der Waals surface area (Å²) in [5, 5.41) is 3.85. The van der Waals surface area contributed by atoms with Gasteiger partial charge in [0.1, 0.15) is 0 Å². The van der Waals surface area contributed by atoms with E-state index in [1.165, 1.54) is 0 Å². The minimum absolute atomic E-state index is 0.203. The number of hydrogen-bond acceptors (Lipinski definition) is 2. The molecule has 46 valence electrons. The van der Waals surface area contributed by atoms with Crippen LogP contribution in [0.25, 0.3) is 0 Å². The molecular weight excluding hydrogens is 122 g/mol. The first-order valence-electron chi connectivity index (χ1n) is 2.34. The van der Waals surface area contributed by atoms with Crippen molar-refractivity contribution in [2.24, 2.45) is 10.8 Å². The van der Waals surface area contributed by atoms with Gasteiger partial charge in [0.25, 0.3) is 0 Å². The van der Waals surface area contributed by atoms with Crippen molar-refractivity contribution in [2.45, 2.75) is 13.3 Å². The van der Waals surface area contributed by atoms with Crippen molar-refractivity contribution < 1.29 is 0 Å². The third-order valence-electron chi connectivity index (χ3n) is 0.449. The van der Waals surface area contributed by atoms with Gasteiger partial charge >= 0.3 is 0 Å². The van der Waals surface area contributed by atoms with Crippen LogP contribution in [0.3, 0.4) is 0 Å². The molecule has 0 aliphatic carbocycles. The normalized spacial score (nSPS) is 9.62. The lowest BCUT2D eigenvalue weighted by Gasteiger charge is -1.90. The van der Waals surface area contributed by atoms with Gasteiger partial charge < -0.3 is 5.73 Å². The van der Waals surface area contributed by atoms with Crippen molar-refractivity contribution in [1.29, 1.82) is 0 Å². The predicted molar refractivity (Wildman–Crippen MR) is 38.7 cm³/mol. The SMILES string of the molecule is CC/C=N\NC(N)=S. The van der Waals surface area contributed by atoms with Crippen LogP contribution in [0.4, 0.5) is 0 Å². The van der Waals surface area contributed by atoms with Gasteiger partial charge in [0.2, 0.25) is 0 Å². The molecule has 0 aromatic carbocycles. The lowest BCUT2D eigenvalue weighted by molar-refractivity contribution is 1.03. The Kier molecular flexibility index (Phi) is 4.16. The number of nitrogens with zero attached hydrogens (tertiary/aromatic N) is 1. The molecule has 0 bridgehead atoms. The Balaban J connectivity index is 3.16. The molecule has 0 aromatic heterocycles. The molecule has 4 heteroatoms. The standard InChI is InChI=1S/C4H9N3S/c1-2-3-6-7-4(5)8/h3H,2H2,1H3,(H3,5,7,8)/b6-3-. The summed E-state index contributed by atoms with van der Waals surface area (Å²) in [4.78, 5) is 0. The van der Waals surface area contributed by atoms with Crippen LogP contribution in [0.5, 0.6) is 0 Å². The number of hydrogen-bond donors (Lipinski definition) is 2. The molecule has 3 nitrogen and oxygen atoms in total. The van der Waals surface area contributed by atoms with E-state index in [2.05, 4.69) is 22.7 Å². The summed E-state index contributed by atoms with van der Waals surface area (Å²) >= 11 is 4.46. The Morgan fingerprint density at radius 3 is 3.00 bits per heavy atom. The third kappa shape index (κ3) is 5.36. The second kappa shape index (κ2) is 4.52.